The Labute approximate surface area is 108 Å². The predicted octanol–water partition coefficient (Wildman–Crippen LogP) is 2.57. The molecular weight excluding hydrogens is 256 g/mol. The molecule has 0 saturated carbocycles. The normalized spacial score (nSPS) is 10.6. The summed E-state index contributed by atoms with van der Waals surface area (Å²) in [7, 11) is 0. The van der Waals surface area contributed by atoms with Crippen LogP contribution in [0.1, 0.15) is 34.3 Å². The fourth-order valence-corrected chi connectivity index (χ4v) is 1.96. The van der Waals surface area contributed by atoms with Crippen molar-refractivity contribution < 1.29 is 14.3 Å². The first-order valence-electron chi connectivity index (χ1n) is 5.41. The quantitative estimate of drug-likeness (QED) is 0.861. The fraction of sp³-hybridized carbons (Fsp3) is 0.250. The third-order valence-corrected chi connectivity index (χ3v) is 2.77. The van der Waals surface area contributed by atoms with Crippen LogP contribution >= 0.6 is 11.6 Å². The number of halogens is 1. The van der Waals surface area contributed by atoms with Crippen molar-refractivity contribution in [3.05, 3.63) is 46.4 Å². The van der Waals surface area contributed by atoms with Crippen LogP contribution in [-0.4, -0.2) is 21.0 Å². The van der Waals surface area contributed by atoms with E-state index in [2.05, 4.69) is 9.97 Å². The van der Waals surface area contributed by atoms with Crippen LogP contribution in [0, 0.1) is 0 Å². The molecule has 0 aromatic carbocycles. The molecule has 0 aliphatic carbocycles. The van der Waals surface area contributed by atoms with E-state index in [1.165, 1.54) is 6.26 Å². The molecule has 0 bridgehead atoms. The second-order valence-corrected chi connectivity index (χ2v) is 4.06. The van der Waals surface area contributed by atoms with Gasteiger partial charge < -0.3 is 9.52 Å². The molecule has 1 N–H and O–H groups in total. The van der Waals surface area contributed by atoms with Gasteiger partial charge in [-0.05, 0) is 24.1 Å². The lowest BCUT2D eigenvalue weighted by Crippen LogP contribution is -2.01. The lowest BCUT2D eigenvalue weighted by atomic mass is 10.0. The first-order valence-corrected chi connectivity index (χ1v) is 5.79. The van der Waals surface area contributed by atoms with Crippen LogP contribution in [0.25, 0.3) is 0 Å². The van der Waals surface area contributed by atoms with Gasteiger partial charge >= 0.3 is 5.97 Å². The molecule has 0 spiro atoms. The van der Waals surface area contributed by atoms with Crippen LogP contribution < -0.4 is 0 Å². The number of hydrogen-bond acceptors (Lipinski definition) is 4. The van der Waals surface area contributed by atoms with Crippen molar-refractivity contribution >= 4 is 17.6 Å². The summed E-state index contributed by atoms with van der Waals surface area (Å²) in [6.07, 6.45) is 4.08. The number of aromatic nitrogens is 2. The molecule has 2 aromatic heterocycles. The lowest BCUT2D eigenvalue weighted by Gasteiger charge is -2.01. The average molecular weight is 267 g/mol. The maximum Gasteiger partial charge on any atom is 0.372 e. The molecule has 0 amide bonds. The number of carboxylic acids is 1. The van der Waals surface area contributed by atoms with Crippen LogP contribution in [0.3, 0.4) is 0 Å². The van der Waals surface area contributed by atoms with E-state index in [9.17, 15) is 4.79 Å². The molecule has 2 heterocycles. The van der Waals surface area contributed by atoms with Gasteiger partial charge in [0.1, 0.15) is 0 Å². The van der Waals surface area contributed by atoms with E-state index in [4.69, 9.17) is 21.1 Å². The van der Waals surface area contributed by atoms with Crippen molar-refractivity contribution in [2.24, 2.45) is 0 Å². The van der Waals surface area contributed by atoms with Crippen molar-refractivity contribution in [3.63, 3.8) is 0 Å². The van der Waals surface area contributed by atoms with Gasteiger partial charge in [0.15, 0.2) is 0 Å². The van der Waals surface area contributed by atoms with Gasteiger partial charge in [-0.3, -0.25) is 0 Å². The van der Waals surface area contributed by atoms with Gasteiger partial charge in [0, 0.05) is 29.4 Å². The zero-order valence-electron chi connectivity index (χ0n) is 9.68. The molecule has 94 valence electrons. The van der Waals surface area contributed by atoms with Crippen LogP contribution in [-0.2, 0) is 12.8 Å². The summed E-state index contributed by atoms with van der Waals surface area (Å²) < 4.78 is 5.07. The summed E-state index contributed by atoms with van der Waals surface area (Å²) in [6, 6.07) is 1.73. The monoisotopic (exact) mass is 266 g/mol. The maximum absolute atomic E-state index is 11.0. The summed E-state index contributed by atoms with van der Waals surface area (Å²) >= 11 is 5.70. The minimum atomic E-state index is -1.06. The Balaban J connectivity index is 2.32. The molecule has 0 atom stereocenters. The van der Waals surface area contributed by atoms with Crippen LogP contribution in [0.15, 0.2) is 22.9 Å². The van der Waals surface area contributed by atoms with E-state index in [0.29, 0.717) is 18.4 Å². The Kier molecular flexibility index (Phi) is 3.62. The van der Waals surface area contributed by atoms with Gasteiger partial charge in [-0.2, -0.15) is 0 Å². The minimum absolute atomic E-state index is 0.00680. The van der Waals surface area contributed by atoms with Crippen molar-refractivity contribution in [3.8, 4) is 0 Å². The predicted molar refractivity (Wildman–Crippen MR) is 64.9 cm³/mol. The summed E-state index contributed by atoms with van der Waals surface area (Å²) in [5.74, 6) is -1.06. The Bertz CT molecular complexity index is 580. The highest BCUT2D eigenvalue weighted by molar-refractivity contribution is 6.28. The topological polar surface area (TPSA) is 76.2 Å². The molecule has 0 aliphatic heterocycles. The average Bonchev–Trinajstić information content (AvgIpc) is 2.72. The molecule has 6 heteroatoms. The first-order chi connectivity index (χ1) is 8.61. The van der Waals surface area contributed by atoms with Crippen LogP contribution in [0.4, 0.5) is 0 Å². The molecule has 0 unspecified atom stereocenters. The molecule has 5 nitrogen and oxygen atoms in total. The smallest absolute Gasteiger partial charge is 0.372 e. The summed E-state index contributed by atoms with van der Waals surface area (Å²) in [4.78, 5) is 18.8. The van der Waals surface area contributed by atoms with E-state index in [1.807, 2.05) is 6.92 Å². The van der Waals surface area contributed by atoms with Gasteiger partial charge in [0.05, 0.1) is 6.26 Å². The van der Waals surface area contributed by atoms with Gasteiger partial charge in [-0.1, -0.05) is 6.92 Å². The lowest BCUT2D eigenvalue weighted by molar-refractivity contribution is 0.0661. The second kappa shape index (κ2) is 5.18. The standard InChI is InChI=1S/C12H11ClN2O3/c1-2-9-7(6-18-10(9)11(16)17)5-8-3-4-14-12(13)15-8/h3-4,6H,2,5H2,1H3,(H,16,17). The number of nitrogens with zero attached hydrogens (tertiary/aromatic N) is 2. The highest BCUT2D eigenvalue weighted by Gasteiger charge is 2.18. The molecule has 2 rings (SSSR count). The fourth-order valence-electron chi connectivity index (χ4n) is 1.80. The van der Waals surface area contributed by atoms with Crippen molar-refractivity contribution in [2.45, 2.75) is 19.8 Å². The van der Waals surface area contributed by atoms with Gasteiger partial charge in [-0.15, -0.1) is 0 Å². The first kappa shape index (κ1) is 12.6. The van der Waals surface area contributed by atoms with E-state index >= 15 is 0 Å². The zero-order chi connectivity index (χ0) is 13.1. The third kappa shape index (κ3) is 2.51. The Hall–Kier alpha value is -1.88. The molecule has 0 fully saturated rings. The Morgan fingerprint density at radius 1 is 1.56 bits per heavy atom. The minimum Gasteiger partial charge on any atom is -0.475 e. The van der Waals surface area contributed by atoms with E-state index < -0.39 is 5.97 Å². The summed E-state index contributed by atoms with van der Waals surface area (Å²) in [5, 5.41) is 9.15. The van der Waals surface area contributed by atoms with E-state index in [-0.39, 0.29) is 11.0 Å². The number of rotatable bonds is 4. The van der Waals surface area contributed by atoms with E-state index in [0.717, 1.165) is 11.3 Å². The molecular formula is C12H11ClN2O3. The number of carbonyl (C=O) groups is 1. The molecule has 0 aliphatic rings. The van der Waals surface area contributed by atoms with Crippen molar-refractivity contribution in [2.75, 3.05) is 0 Å². The Morgan fingerprint density at radius 2 is 2.33 bits per heavy atom. The number of carboxylic acid groups (broad SMARTS) is 1. The SMILES string of the molecule is CCc1c(Cc2ccnc(Cl)n2)coc1C(=O)O. The number of hydrogen-bond donors (Lipinski definition) is 1. The van der Waals surface area contributed by atoms with Crippen LogP contribution in [0.5, 0.6) is 0 Å². The number of furan rings is 1. The van der Waals surface area contributed by atoms with Gasteiger partial charge in [0.2, 0.25) is 11.0 Å². The van der Waals surface area contributed by atoms with E-state index in [1.54, 1.807) is 12.3 Å². The highest BCUT2D eigenvalue weighted by Crippen LogP contribution is 2.21. The second-order valence-electron chi connectivity index (χ2n) is 3.72. The zero-order valence-corrected chi connectivity index (χ0v) is 10.4. The third-order valence-electron chi connectivity index (χ3n) is 2.58. The van der Waals surface area contributed by atoms with Crippen molar-refractivity contribution in [1.29, 1.82) is 0 Å². The highest BCUT2D eigenvalue weighted by atomic mass is 35.5. The van der Waals surface area contributed by atoms with Gasteiger partial charge in [0.25, 0.3) is 0 Å². The van der Waals surface area contributed by atoms with Crippen molar-refractivity contribution in [1.82, 2.24) is 9.97 Å². The van der Waals surface area contributed by atoms with Crippen LogP contribution in [0.2, 0.25) is 5.28 Å². The maximum atomic E-state index is 11.0. The largest absolute Gasteiger partial charge is 0.475 e. The van der Waals surface area contributed by atoms with Gasteiger partial charge in [-0.25, -0.2) is 14.8 Å². The molecule has 18 heavy (non-hydrogen) atoms. The summed E-state index contributed by atoms with van der Waals surface area (Å²) in [5.41, 5.74) is 2.23. The molecule has 2 aromatic rings. The molecule has 0 radical (unpaired) electrons. The molecule has 0 saturated heterocycles. The Morgan fingerprint density at radius 3 is 2.94 bits per heavy atom. The summed E-state index contributed by atoms with van der Waals surface area (Å²) in [6.45, 7) is 1.88. The number of aromatic carboxylic acids is 1.